The van der Waals surface area contributed by atoms with Crippen LogP contribution in [0.25, 0.3) is 0 Å². The maximum Gasteiger partial charge on any atom is 0.255 e. The molecule has 106 valence electrons. The van der Waals surface area contributed by atoms with Crippen LogP contribution in [0.4, 0.5) is 5.82 Å². The van der Waals surface area contributed by atoms with Crippen molar-refractivity contribution in [2.75, 3.05) is 11.9 Å². The van der Waals surface area contributed by atoms with Crippen LogP contribution in [0.1, 0.15) is 29.5 Å². The van der Waals surface area contributed by atoms with Crippen LogP contribution in [0.3, 0.4) is 0 Å². The fraction of sp³-hybridized carbons (Fsp3) is 0.385. The summed E-state index contributed by atoms with van der Waals surface area (Å²) in [7, 11) is 1.78. The molecule has 0 unspecified atom stereocenters. The van der Waals surface area contributed by atoms with Crippen molar-refractivity contribution in [2.24, 2.45) is 7.05 Å². The largest absolute Gasteiger partial charge is 0.369 e. The number of anilines is 1. The molecular formula is C13H18N6O. The lowest BCUT2D eigenvalue weighted by atomic mass is 10.2. The Balaban J connectivity index is 2.01. The number of carbonyl (C=O) groups excluding carboxylic acids is 1. The van der Waals surface area contributed by atoms with Crippen molar-refractivity contribution in [3.8, 4) is 0 Å². The lowest BCUT2D eigenvalue weighted by Crippen LogP contribution is -2.25. The van der Waals surface area contributed by atoms with E-state index in [1.807, 2.05) is 0 Å². The van der Waals surface area contributed by atoms with Gasteiger partial charge in [0.2, 0.25) is 0 Å². The molecule has 0 atom stereocenters. The highest BCUT2D eigenvalue weighted by Crippen LogP contribution is 2.11. The summed E-state index contributed by atoms with van der Waals surface area (Å²) in [6.07, 6.45) is 4.23. The summed E-state index contributed by atoms with van der Waals surface area (Å²) in [5.41, 5.74) is 0.525. The molecule has 2 aromatic rings. The molecule has 7 heteroatoms. The molecule has 0 aliphatic heterocycles. The molecule has 0 saturated heterocycles. The van der Waals surface area contributed by atoms with Gasteiger partial charge < -0.3 is 10.6 Å². The summed E-state index contributed by atoms with van der Waals surface area (Å²) in [6, 6.07) is 3.48. The van der Waals surface area contributed by atoms with Gasteiger partial charge in [0.05, 0.1) is 12.1 Å². The summed E-state index contributed by atoms with van der Waals surface area (Å²) < 4.78 is 1.60. The molecule has 7 nitrogen and oxygen atoms in total. The van der Waals surface area contributed by atoms with Gasteiger partial charge in [-0.15, -0.1) is 0 Å². The third kappa shape index (κ3) is 3.53. The zero-order chi connectivity index (χ0) is 14.4. The average molecular weight is 274 g/mol. The van der Waals surface area contributed by atoms with Crippen molar-refractivity contribution < 1.29 is 4.79 Å². The number of hydrogen-bond donors (Lipinski definition) is 2. The van der Waals surface area contributed by atoms with Crippen molar-refractivity contribution in [2.45, 2.75) is 19.9 Å². The predicted octanol–water partition coefficient (Wildman–Crippen LogP) is 0.962. The van der Waals surface area contributed by atoms with Gasteiger partial charge in [-0.2, -0.15) is 5.10 Å². The first-order valence-electron chi connectivity index (χ1n) is 6.52. The zero-order valence-electron chi connectivity index (χ0n) is 11.6. The standard InChI is InChI=1S/C13H18N6O/c1-3-6-14-12-10(5-4-7-15-12)13(20)16-8-11-17-9-19(2)18-11/h4-5,7,9H,3,6,8H2,1-2H3,(H,14,15)(H,16,20). The van der Waals surface area contributed by atoms with Crippen LogP contribution < -0.4 is 10.6 Å². The summed E-state index contributed by atoms with van der Waals surface area (Å²) in [5.74, 6) is 0.984. The molecule has 1 amide bonds. The maximum absolute atomic E-state index is 12.2. The van der Waals surface area contributed by atoms with Gasteiger partial charge in [0.1, 0.15) is 12.1 Å². The van der Waals surface area contributed by atoms with Crippen molar-refractivity contribution in [1.82, 2.24) is 25.1 Å². The third-order valence-electron chi connectivity index (χ3n) is 2.65. The number of carbonyl (C=O) groups is 1. The molecule has 0 aliphatic carbocycles. The number of aromatic nitrogens is 4. The highest BCUT2D eigenvalue weighted by atomic mass is 16.1. The van der Waals surface area contributed by atoms with E-state index in [0.717, 1.165) is 13.0 Å². The van der Waals surface area contributed by atoms with Gasteiger partial charge in [-0.25, -0.2) is 9.97 Å². The van der Waals surface area contributed by atoms with Gasteiger partial charge >= 0.3 is 0 Å². The minimum Gasteiger partial charge on any atom is -0.369 e. The second-order valence-electron chi connectivity index (χ2n) is 4.34. The Hall–Kier alpha value is -2.44. The van der Waals surface area contributed by atoms with Crippen LogP contribution in [-0.2, 0) is 13.6 Å². The Morgan fingerprint density at radius 1 is 1.40 bits per heavy atom. The monoisotopic (exact) mass is 274 g/mol. The van der Waals surface area contributed by atoms with E-state index < -0.39 is 0 Å². The molecule has 0 aromatic carbocycles. The van der Waals surface area contributed by atoms with E-state index in [1.165, 1.54) is 0 Å². The van der Waals surface area contributed by atoms with Crippen LogP contribution in [0.15, 0.2) is 24.7 Å². The van der Waals surface area contributed by atoms with E-state index >= 15 is 0 Å². The highest BCUT2D eigenvalue weighted by molar-refractivity contribution is 5.98. The highest BCUT2D eigenvalue weighted by Gasteiger charge is 2.12. The van der Waals surface area contributed by atoms with E-state index in [1.54, 1.807) is 36.4 Å². The van der Waals surface area contributed by atoms with Gasteiger partial charge in [-0.1, -0.05) is 6.92 Å². The topological polar surface area (TPSA) is 84.7 Å². The first kappa shape index (κ1) is 14.0. The Labute approximate surface area is 117 Å². The number of aryl methyl sites for hydroxylation is 1. The molecule has 2 aromatic heterocycles. The Morgan fingerprint density at radius 3 is 2.95 bits per heavy atom. The van der Waals surface area contributed by atoms with E-state index in [9.17, 15) is 4.79 Å². The quantitative estimate of drug-likeness (QED) is 0.819. The van der Waals surface area contributed by atoms with E-state index in [-0.39, 0.29) is 5.91 Å². The van der Waals surface area contributed by atoms with E-state index in [0.29, 0.717) is 23.8 Å². The molecule has 0 bridgehead atoms. The summed E-state index contributed by atoms with van der Waals surface area (Å²) in [6.45, 7) is 3.13. The first-order valence-corrected chi connectivity index (χ1v) is 6.52. The lowest BCUT2D eigenvalue weighted by molar-refractivity contribution is 0.0950. The minimum absolute atomic E-state index is 0.191. The van der Waals surface area contributed by atoms with Crippen molar-refractivity contribution in [3.05, 3.63) is 36.0 Å². The van der Waals surface area contributed by atoms with Crippen LogP contribution in [0.5, 0.6) is 0 Å². The number of rotatable bonds is 6. The third-order valence-corrected chi connectivity index (χ3v) is 2.65. The van der Waals surface area contributed by atoms with Crippen LogP contribution >= 0.6 is 0 Å². The molecule has 0 radical (unpaired) electrons. The molecule has 0 spiro atoms. The van der Waals surface area contributed by atoms with Crippen molar-refractivity contribution in [1.29, 1.82) is 0 Å². The summed E-state index contributed by atoms with van der Waals surface area (Å²) in [4.78, 5) is 20.4. The smallest absolute Gasteiger partial charge is 0.255 e. The molecule has 2 N–H and O–H groups in total. The van der Waals surface area contributed by atoms with Gasteiger partial charge in [-0.3, -0.25) is 9.48 Å². The normalized spacial score (nSPS) is 10.3. The van der Waals surface area contributed by atoms with E-state index in [2.05, 4.69) is 32.6 Å². The van der Waals surface area contributed by atoms with Crippen LogP contribution in [-0.4, -0.2) is 32.2 Å². The fourth-order valence-corrected chi connectivity index (χ4v) is 1.69. The van der Waals surface area contributed by atoms with Gasteiger partial charge in [0.15, 0.2) is 5.82 Å². The number of amides is 1. The zero-order valence-corrected chi connectivity index (χ0v) is 11.6. The van der Waals surface area contributed by atoms with Crippen LogP contribution in [0.2, 0.25) is 0 Å². The molecule has 0 aliphatic rings. The van der Waals surface area contributed by atoms with Crippen LogP contribution in [0, 0.1) is 0 Å². The van der Waals surface area contributed by atoms with Gasteiger partial charge in [0.25, 0.3) is 5.91 Å². The second kappa shape index (κ2) is 6.65. The van der Waals surface area contributed by atoms with Gasteiger partial charge in [0, 0.05) is 19.8 Å². The van der Waals surface area contributed by atoms with Crippen molar-refractivity contribution in [3.63, 3.8) is 0 Å². The van der Waals surface area contributed by atoms with E-state index in [4.69, 9.17) is 0 Å². The Morgan fingerprint density at radius 2 is 2.25 bits per heavy atom. The molecule has 20 heavy (non-hydrogen) atoms. The first-order chi connectivity index (χ1) is 9.70. The number of nitrogens with zero attached hydrogens (tertiary/aromatic N) is 4. The SMILES string of the molecule is CCCNc1ncccc1C(=O)NCc1ncn(C)n1. The summed E-state index contributed by atoms with van der Waals surface area (Å²) in [5, 5.41) is 10.0. The predicted molar refractivity (Wildman–Crippen MR) is 75.2 cm³/mol. The number of pyridine rings is 1. The minimum atomic E-state index is -0.191. The Bertz CT molecular complexity index is 580. The molecule has 2 heterocycles. The molecule has 0 saturated carbocycles. The number of hydrogen-bond acceptors (Lipinski definition) is 5. The second-order valence-corrected chi connectivity index (χ2v) is 4.34. The van der Waals surface area contributed by atoms with Gasteiger partial charge in [-0.05, 0) is 18.6 Å². The molecular weight excluding hydrogens is 256 g/mol. The average Bonchev–Trinajstić information content (AvgIpc) is 2.88. The molecule has 0 fully saturated rings. The summed E-state index contributed by atoms with van der Waals surface area (Å²) >= 11 is 0. The number of nitrogens with one attached hydrogen (secondary N) is 2. The molecule has 2 rings (SSSR count). The Kier molecular flexibility index (Phi) is 4.65. The maximum atomic E-state index is 12.2. The van der Waals surface area contributed by atoms with Crippen molar-refractivity contribution >= 4 is 11.7 Å². The fourth-order valence-electron chi connectivity index (χ4n) is 1.69. The lowest BCUT2D eigenvalue weighted by Gasteiger charge is -2.09.